The number of rotatable bonds is 9. The second-order valence-corrected chi connectivity index (χ2v) is 6.91. The number of halogens is 1. The van der Waals surface area contributed by atoms with Crippen molar-refractivity contribution in [1.82, 2.24) is 9.97 Å². The van der Waals surface area contributed by atoms with E-state index in [1.54, 1.807) is 30.3 Å². The maximum absolute atomic E-state index is 15.5. The lowest BCUT2D eigenvalue weighted by Crippen LogP contribution is -2.31. The van der Waals surface area contributed by atoms with E-state index in [-0.39, 0.29) is 42.1 Å². The molecule has 0 aliphatic heterocycles. The summed E-state index contributed by atoms with van der Waals surface area (Å²) in [5.74, 6) is -1.01. The SMILES string of the molecule is COc1cc(OCCO)c(F)c(C(Nc2ccc(C#N)cc2)C(N)=NC(=O)Nc2ncccn2)c1. The largest absolute Gasteiger partial charge is 0.497 e. The molecule has 35 heavy (non-hydrogen) atoms. The Kier molecular flexibility index (Phi) is 8.47. The third-order valence-corrected chi connectivity index (χ3v) is 4.57. The van der Waals surface area contributed by atoms with Crippen molar-refractivity contribution < 1.29 is 23.8 Å². The Bertz CT molecular complexity index is 1230. The summed E-state index contributed by atoms with van der Waals surface area (Å²) in [6.07, 6.45) is 2.87. The number of nitrogens with one attached hydrogen (secondary N) is 2. The number of amides is 2. The highest BCUT2D eigenvalue weighted by Gasteiger charge is 2.25. The number of ether oxygens (including phenoxy) is 2. The average Bonchev–Trinajstić information content (AvgIpc) is 2.87. The Labute approximate surface area is 200 Å². The number of anilines is 2. The first-order chi connectivity index (χ1) is 16.9. The fraction of sp³-hybridized carbons (Fsp3) is 0.174. The van der Waals surface area contributed by atoms with Gasteiger partial charge in [-0.15, -0.1) is 0 Å². The van der Waals surface area contributed by atoms with Crippen LogP contribution in [-0.2, 0) is 0 Å². The van der Waals surface area contributed by atoms with Crippen molar-refractivity contribution in [3.05, 3.63) is 71.8 Å². The number of hydrogen-bond acceptors (Lipinski definition) is 8. The molecule has 0 spiro atoms. The summed E-state index contributed by atoms with van der Waals surface area (Å²) in [7, 11) is 1.39. The highest BCUT2D eigenvalue weighted by atomic mass is 19.1. The summed E-state index contributed by atoms with van der Waals surface area (Å²) < 4.78 is 26.0. The second kappa shape index (κ2) is 11.9. The molecule has 0 radical (unpaired) electrons. The van der Waals surface area contributed by atoms with Crippen LogP contribution in [0.15, 0.2) is 59.9 Å². The number of amidine groups is 1. The van der Waals surface area contributed by atoms with Crippen LogP contribution >= 0.6 is 0 Å². The number of methoxy groups -OCH3 is 1. The van der Waals surface area contributed by atoms with Crippen LogP contribution in [0, 0.1) is 17.1 Å². The van der Waals surface area contributed by atoms with Crippen molar-refractivity contribution in [3.63, 3.8) is 0 Å². The van der Waals surface area contributed by atoms with Gasteiger partial charge in [-0.1, -0.05) is 0 Å². The molecule has 3 rings (SSSR count). The van der Waals surface area contributed by atoms with Gasteiger partial charge in [0.25, 0.3) is 0 Å². The first kappa shape index (κ1) is 24.9. The first-order valence-electron chi connectivity index (χ1n) is 10.2. The number of aliphatic hydroxyl groups excluding tert-OH is 1. The number of carbonyl (C=O) groups excluding carboxylic acids is 1. The van der Waals surface area contributed by atoms with E-state index in [1.165, 1.54) is 31.6 Å². The number of hydrogen-bond donors (Lipinski definition) is 4. The van der Waals surface area contributed by atoms with Gasteiger partial charge in [-0.05, 0) is 36.4 Å². The van der Waals surface area contributed by atoms with E-state index in [4.69, 9.17) is 25.6 Å². The van der Waals surface area contributed by atoms with Crippen LogP contribution in [0.5, 0.6) is 11.5 Å². The standard InChI is InChI=1S/C23H22FN7O4/c1-34-16-11-17(19(24)18(12-16)35-10-9-32)20(29-15-5-3-14(13-25)4-6-15)21(26)30-23(33)31-22-27-7-2-8-28-22/h2-8,11-12,20,29,32H,9-10H2,1H3,(H3,26,27,28,30,31,33). The zero-order valence-electron chi connectivity index (χ0n) is 18.6. The number of urea groups is 1. The Balaban J connectivity index is 2.02. The van der Waals surface area contributed by atoms with Gasteiger partial charge in [-0.2, -0.15) is 10.3 Å². The molecule has 1 heterocycles. The van der Waals surface area contributed by atoms with Crippen LogP contribution in [-0.4, -0.2) is 47.3 Å². The van der Waals surface area contributed by atoms with Crippen molar-refractivity contribution in [3.8, 4) is 17.6 Å². The lowest BCUT2D eigenvalue weighted by Gasteiger charge is -2.22. The summed E-state index contributed by atoms with van der Waals surface area (Å²) in [5, 5.41) is 23.5. The van der Waals surface area contributed by atoms with Crippen LogP contribution in [0.2, 0.25) is 0 Å². The monoisotopic (exact) mass is 479 g/mol. The van der Waals surface area contributed by atoms with Gasteiger partial charge >= 0.3 is 6.03 Å². The van der Waals surface area contributed by atoms with E-state index < -0.39 is 17.9 Å². The molecule has 0 aliphatic rings. The molecule has 0 aliphatic carbocycles. The van der Waals surface area contributed by atoms with Crippen LogP contribution < -0.4 is 25.8 Å². The molecule has 1 aromatic heterocycles. The number of carbonyl (C=O) groups is 1. The quantitative estimate of drug-likeness (QED) is 0.266. The summed E-state index contributed by atoms with van der Waals surface area (Å²) in [6, 6.07) is 10.6. The molecule has 2 amide bonds. The molecule has 0 saturated heterocycles. The number of aliphatic imine (C=N–C) groups is 1. The zero-order chi connectivity index (χ0) is 25.2. The van der Waals surface area contributed by atoms with Crippen LogP contribution in [0.4, 0.5) is 20.8 Å². The van der Waals surface area contributed by atoms with Gasteiger partial charge in [0.05, 0.1) is 25.3 Å². The zero-order valence-corrected chi connectivity index (χ0v) is 18.6. The molecule has 0 bridgehead atoms. The van der Waals surface area contributed by atoms with Crippen LogP contribution in [0.3, 0.4) is 0 Å². The molecule has 1 atom stereocenters. The highest BCUT2D eigenvalue weighted by Crippen LogP contribution is 2.33. The van der Waals surface area contributed by atoms with Crippen molar-refractivity contribution in [2.24, 2.45) is 10.7 Å². The Morgan fingerprint density at radius 1 is 1.29 bits per heavy atom. The van der Waals surface area contributed by atoms with Gasteiger partial charge in [-0.25, -0.2) is 19.2 Å². The fourth-order valence-electron chi connectivity index (χ4n) is 2.97. The smallest absolute Gasteiger partial charge is 0.349 e. The molecule has 2 aromatic carbocycles. The van der Waals surface area contributed by atoms with Gasteiger partial charge in [0.2, 0.25) is 5.95 Å². The van der Waals surface area contributed by atoms with E-state index in [1.807, 2.05) is 6.07 Å². The molecule has 3 aromatic rings. The Morgan fingerprint density at radius 2 is 2.00 bits per heavy atom. The van der Waals surface area contributed by atoms with Gasteiger partial charge in [0, 0.05) is 29.7 Å². The Hall–Kier alpha value is -4.76. The summed E-state index contributed by atoms with van der Waals surface area (Å²) in [5.41, 5.74) is 7.02. The lowest BCUT2D eigenvalue weighted by atomic mass is 10.0. The number of aromatic nitrogens is 2. The molecule has 12 heteroatoms. The van der Waals surface area contributed by atoms with Gasteiger partial charge in [0.15, 0.2) is 11.6 Å². The van der Waals surface area contributed by atoms with Crippen molar-refractivity contribution >= 4 is 23.5 Å². The third-order valence-electron chi connectivity index (χ3n) is 4.57. The minimum absolute atomic E-state index is 0.0119. The van der Waals surface area contributed by atoms with Gasteiger partial charge in [0.1, 0.15) is 24.2 Å². The molecule has 11 nitrogen and oxygen atoms in total. The van der Waals surface area contributed by atoms with E-state index in [0.717, 1.165) is 0 Å². The van der Waals surface area contributed by atoms with Crippen molar-refractivity contribution in [2.45, 2.75) is 6.04 Å². The third kappa shape index (κ3) is 6.62. The minimum Gasteiger partial charge on any atom is -0.497 e. The van der Waals surface area contributed by atoms with E-state index in [9.17, 15) is 4.79 Å². The average molecular weight is 479 g/mol. The number of nitrogens with zero attached hydrogens (tertiary/aromatic N) is 4. The van der Waals surface area contributed by atoms with Crippen LogP contribution in [0.1, 0.15) is 17.2 Å². The minimum atomic E-state index is -1.16. The lowest BCUT2D eigenvalue weighted by molar-refractivity contribution is 0.195. The summed E-state index contributed by atoms with van der Waals surface area (Å²) >= 11 is 0. The number of nitrogens with two attached hydrogens (primary N) is 1. The van der Waals surface area contributed by atoms with Crippen LogP contribution in [0.25, 0.3) is 0 Å². The summed E-state index contributed by atoms with van der Waals surface area (Å²) in [4.78, 5) is 24.0. The molecule has 1 unspecified atom stereocenters. The number of nitriles is 1. The normalized spacial score (nSPS) is 11.8. The Morgan fingerprint density at radius 3 is 2.63 bits per heavy atom. The van der Waals surface area contributed by atoms with Gasteiger partial charge < -0.3 is 25.6 Å². The maximum Gasteiger partial charge on any atom is 0.349 e. The summed E-state index contributed by atoms with van der Waals surface area (Å²) in [6.45, 7) is -0.482. The highest BCUT2D eigenvalue weighted by molar-refractivity contribution is 6.01. The fourth-order valence-corrected chi connectivity index (χ4v) is 2.97. The maximum atomic E-state index is 15.5. The first-order valence-corrected chi connectivity index (χ1v) is 10.2. The predicted molar refractivity (Wildman–Crippen MR) is 126 cm³/mol. The van der Waals surface area contributed by atoms with E-state index in [2.05, 4.69) is 25.6 Å². The van der Waals surface area contributed by atoms with Crippen molar-refractivity contribution in [1.29, 1.82) is 5.26 Å². The van der Waals surface area contributed by atoms with E-state index in [0.29, 0.717) is 11.3 Å². The van der Waals surface area contributed by atoms with Gasteiger partial charge in [-0.3, -0.25) is 5.32 Å². The second-order valence-electron chi connectivity index (χ2n) is 6.91. The number of aliphatic hydroxyl groups is 1. The van der Waals surface area contributed by atoms with Crippen molar-refractivity contribution in [2.75, 3.05) is 31.0 Å². The molecular weight excluding hydrogens is 457 g/mol. The van der Waals surface area contributed by atoms with E-state index >= 15 is 4.39 Å². The molecule has 180 valence electrons. The molecule has 5 N–H and O–H groups in total. The molecule has 0 saturated carbocycles. The molecule has 0 fully saturated rings. The predicted octanol–water partition coefficient (Wildman–Crippen LogP) is 2.61. The number of benzene rings is 2. The molecular formula is C23H22FN7O4. The topological polar surface area (TPSA) is 168 Å².